The van der Waals surface area contributed by atoms with Crippen molar-refractivity contribution in [1.29, 1.82) is 0 Å². The molecule has 1 spiro atoms. The molecule has 6 heterocycles. The number of ether oxygens (including phenoxy) is 2. The highest BCUT2D eigenvalue weighted by molar-refractivity contribution is 6.05. The third-order valence-corrected chi connectivity index (χ3v) is 8.89. The van der Waals surface area contributed by atoms with Crippen LogP contribution in [0.4, 0.5) is 20.3 Å². The summed E-state index contributed by atoms with van der Waals surface area (Å²) in [6, 6.07) is 9.19. The van der Waals surface area contributed by atoms with Gasteiger partial charge in [0.25, 0.3) is 18.5 Å². The minimum Gasteiger partial charge on any atom is -0.483 e. The van der Waals surface area contributed by atoms with Gasteiger partial charge in [-0.2, -0.15) is 0 Å². The summed E-state index contributed by atoms with van der Waals surface area (Å²) in [6.07, 6.45) is 2.43. The number of benzene rings is 1. The molecule has 15 heteroatoms. The minimum atomic E-state index is -2.69. The number of nitrogens with zero attached hydrogens (tertiary/aromatic N) is 5. The van der Waals surface area contributed by atoms with Crippen LogP contribution in [0, 0.1) is 11.8 Å². The molecular formula is C35H39F2N7O6. The third-order valence-electron chi connectivity index (χ3n) is 8.89. The molecule has 4 N–H and O–H groups in total. The van der Waals surface area contributed by atoms with Crippen LogP contribution in [0.5, 0.6) is 0 Å². The van der Waals surface area contributed by atoms with E-state index < -0.39 is 12.2 Å². The second-order valence-electron chi connectivity index (χ2n) is 11.8. The van der Waals surface area contributed by atoms with Gasteiger partial charge in [0, 0.05) is 55.7 Å². The molecule has 4 aromatic rings. The number of allylic oxidation sites excluding steroid dienone is 1. The van der Waals surface area contributed by atoms with Crippen LogP contribution in [0.3, 0.4) is 0 Å². The molecular weight excluding hydrogens is 652 g/mol. The van der Waals surface area contributed by atoms with Gasteiger partial charge in [-0.25, -0.2) is 18.7 Å². The van der Waals surface area contributed by atoms with E-state index in [1.807, 2.05) is 42.2 Å². The maximum absolute atomic E-state index is 13.1. The molecule has 0 aliphatic carbocycles. The molecule has 0 saturated carbocycles. The number of aliphatic imine (C=N–C) groups is 1. The molecule has 0 amide bonds. The van der Waals surface area contributed by atoms with Gasteiger partial charge in [-0.15, -0.1) is 0 Å². The summed E-state index contributed by atoms with van der Waals surface area (Å²) in [4.78, 5) is 39.8. The highest BCUT2D eigenvalue weighted by atomic mass is 19.3. The van der Waals surface area contributed by atoms with Gasteiger partial charge >= 0.3 is 0 Å². The first-order valence-corrected chi connectivity index (χ1v) is 16.0. The Bertz CT molecular complexity index is 2010. The van der Waals surface area contributed by atoms with Crippen LogP contribution < -0.4 is 21.1 Å². The smallest absolute Gasteiger partial charge is 0.297 e. The van der Waals surface area contributed by atoms with E-state index >= 15 is 0 Å². The van der Waals surface area contributed by atoms with E-state index in [0.29, 0.717) is 65.7 Å². The van der Waals surface area contributed by atoms with Crippen molar-refractivity contribution in [2.45, 2.75) is 44.8 Å². The summed E-state index contributed by atoms with van der Waals surface area (Å²) < 4.78 is 43.3. The number of hydrogen-bond acceptors (Lipinski definition) is 11. The average Bonchev–Trinajstić information content (AvgIpc) is 3.78. The zero-order valence-corrected chi connectivity index (χ0v) is 28.0. The molecule has 3 aliphatic heterocycles. The highest BCUT2D eigenvalue weighted by Gasteiger charge is 2.50. The maximum Gasteiger partial charge on any atom is 0.297 e. The lowest BCUT2D eigenvalue weighted by atomic mass is 9.90. The van der Waals surface area contributed by atoms with Crippen LogP contribution in [-0.4, -0.2) is 90.4 Å². The Balaban J connectivity index is 0.000000183. The molecule has 3 fully saturated rings. The minimum absolute atomic E-state index is 0.0447. The van der Waals surface area contributed by atoms with E-state index in [1.54, 1.807) is 13.2 Å². The number of fused-ring (bicyclic) bond motifs is 3. The Hall–Kier alpha value is -5.33. The SMILES string of the molecule is CN=C(C)/C(C#Cc1c[nH]c(=O)c(N2CCOC3(COC3)C2C)c1)=C\N.FC(F)c1nc(N2CCCC2)c2oc3ccccc3c2n1.O=CO. The molecule has 264 valence electrons. The van der Waals surface area contributed by atoms with E-state index in [2.05, 4.69) is 43.6 Å². The number of furan rings is 1. The monoisotopic (exact) mass is 691 g/mol. The number of aromatic nitrogens is 3. The van der Waals surface area contributed by atoms with Gasteiger partial charge in [-0.05, 0) is 44.9 Å². The molecule has 13 nitrogen and oxygen atoms in total. The van der Waals surface area contributed by atoms with Crippen molar-refractivity contribution in [3.05, 3.63) is 70.0 Å². The fourth-order valence-electron chi connectivity index (χ4n) is 6.01. The Morgan fingerprint density at radius 2 is 1.94 bits per heavy atom. The van der Waals surface area contributed by atoms with Crippen molar-refractivity contribution >= 4 is 45.8 Å². The van der Waals surface area contributed by atoms with Crippen molar-refractivity contribution in [2.75, 3.05) is 56.3 Å². The number of rotatable bonds is 4. The Kier molecular flexibility index (Phi) is 11.5. The Labute approximate surface area is 286 Å². The molecule has 3 saturated heterocycles. The summed E-state index contributed by atoms with van der Waals surface area (Å²) in [7, 11) is 1.69. The third kappa shape index (κ3) is 7.46. The Morgan fingerprint density at radius 1 is 1.22 bits per heavy atom. The zero-order chi connectivity index (χ0) is 35.8. The lowest BCUT2D eigenvalue weighted by Crippen LogP contribution is -2.68. The molecule has 0 radical (unpaired) electrons. The second kappa shape index (κ2) is 15.9. The summed E-state index contributed by atoms with van der Waals surface area (Å²) in [6.45, 7) is 7.62. The zero-order valence-electron chi connectivity index (χ0n) is 28.0. The fourth-order valence-corrected chi connectivity index (χ4v) is 6.01. The van der Waals surface area contributed by atoms with E-state index in [9.17, 15) is 13.6 Å². The lowest BCUT2D eigenvalue weighted by molar-refractivity contribution is -0.228. The van der Waals surface area contributed by atoms with E-state index in [-0.39, 0.29) is 23.7 Å². The van der Waals surface area contributed by atoms with Gasteiger partial charge in [0.1, 0.15) is 22.4 Å². The molecule has 50 heavy (non-hydrogen) atoms. The number of alkyl halides is 2. The Morgan fingerprint density at radius 3 is 2.58 bits per heavy atom. The highest BCUT2D eigenvalue weighted by Crippen LogP contribution is 2.36. The van der Waals surface area contributed by atoms with Crippen LogP contribution >= 0.6 is 0 Å². The average molecular weight is 692 g/mol. The van der Waals surface area contributed by atoms with E-state index in [0.717, 1.165) is 37.0 Å². The van der Waals surface area contributed by atoms with Crippen LogP contribution in [-0.2, 0) is 14.3 Å². The number of carbonyl (C=O) groups is 1. The van der Waals surface area contributed by atoms with Gasteiger partial charge in [0.2, 0.25) is 0 Å². The van der Waals surface area contributed by atoms with Crippen molar-refractivity contribution in [2.24, 2.45) is 10.7 Å². The molecule has 1 atom stereocenters. The van der Waals surface area contributed by atoms with Gasteiger partial charge in [0.05, 0.1) is 31.4 Å². The van der Waals surface area contributed by atoms with Gasteiger partial charge in [-0.1, -0.05) is 24.0 Å². The first-order chi connectivity index (χ1) is 24.2. The largest absolute Gasteiger partial charge is 0.483 e. The fraction of sp³-hybridized carbons (Fsp3) is 0.400. The van der Waals surface area contributed by atoms with Crippen molar-refractivity contribution < 1.29 is 32.6 Å². The van der Waals surface area contributed by atoms with Crippen molar-refractivity contribution in [1.82, 2.24) is 15.0 Å². The number of H-pyrrole nitrogens is 1. The molecule has 0 bridgehead atoms. The molecule has 3 aliphatic rings. The molecule has 3 aromatic heterocycles. The summed E-state index contributed by atoms with van der Waals surface area (Å²) >= 11 is 0. The number of carboxylic acid groups (broad SMARTS) is 1. The number of pyridine rings is 1. The predicted molar refractivity (Wildman–Crippen MR) is 186 cm³/mol. The van der Waals surface area contributed by atoms with E-state index in [4.69, 9.17) is 29.5 Å². The van der Waals surface area contributed by atoms with Crippen molar-refractivity contribution in [3.8, 4) is 11.8 Å². The quantitative estimate of drug-likeness (QED) is 0.159. The van der Waals surface area contributed by atoms with Gasteiger partial charge in [-0.3, -0.25) is 14.6 Å². The van der Waals surface area contributed by atoms with Crippen LogP contribution in [0.25, 0.3) is 22.1 Å². The molecule has 7 rings (SSSR count). The topological polar surface area (TPSA) is 172 Å². The van der Waals surface area contributed by atoms with Crippen molar-refractivity contribution in [3.63, 3.8) is 0 Å². The number of halogens is 2. The number of morpholine rings is 1. The number of nitrogens with two attached hydrogens (primary N) is 1. The standard InChI is InChI=1S/C19H24N4O3.C15H13F2N3O.CH2O2/c1-13(21-3)16(9-20)5-4-15-8-17(18(24)22-10-15)23-6-7-26-19(14(23)2)11-25-12-19;16-13(17)14-18-11-9-5-1-2-6-10(9)21-12(11)15(19-14)20-7-3-4-8-20;2-1-3/h8-10,14H,6-7,11-12,20H2,1-3H3,(H,22,24);1-2,5-6,13H,3-4,7-8H2;1H,(H,2,3)/b16-9-,21-13?;;. The van der Waals surface area contributed by atoms with Crippen LogP contribution in [0.2, 0.25) is 0 Å². The normalized spacial score (nSPS) is 18.6. The number of hydrogen-bond donors (Lipinski definition) is 3. The summed E-state index contributed by atoms with van der Waals surface area (Å²) in [5.41, 5.74) is 9.50. The predicted octanol–water partition coefficient (Wildman–Crippen LogP) is 4.27. The first kappa shape index (κ1) is 36.0. The van der Waals surface area contributed by atoms with Crippen LogP contribution in [0.15, 0.2) is 62.5 Å². The maximum atomic E-state index is 13.1. The summed E-state index contributed by atoms with van der Waals surface area (Å²) in [5.74, 6) is 6.11. The number of nitrogens with one attached hydrogen (secondary N) is 1. The van der Waals surface area contributed by atoms with Crippen LogP contribution in [0.1, 0.15) is 44.5 Å². The number of anilines is 2. The first-order valence-electron chi connectivity index (χ1n) is 16.0. The second-order valence-corrected chi connectivity index (χ2v) is 11.8. The lowest BCUT2D eigenvalue weighted by Gasteiger charge is -2.53. The summed E-state index contributed by atoms with van der Waals surface area (Å²) in [5, 5.41) is 7.64. The van der Waals surface area contributed by atoms with Gasteiger partial charge in [0.15, 0.2) is 17.2 Å². The van der Waals surface area contributed by atoms with E-state index in [1.165, 1.54) is 6.20 Å². The van der Waals surface area contributed by atoms with Gasteiger partial charge < -0.3 is 39.5 Å². The number of para-hydroxylation sites is 1. The molecule has 1 unspecified atom stereocenters. The number of aromatic amines is 1. The molecule has 1 aromatic carbocycles.